The fraction of sp³-hybridized carbons (Fsp3) is 0.429. The van der Waals surface area contributed by atoms with Crippen molar-refractivity contribution in [1.29, 1.82) is 0 Å². The van der Waals surface area contributed by atoms with Crippen molar-refractivity contribution in [2.45, 2.75) is 33.2 Å². The molecule has 0 unspecified atom stereocenters. The largest absolute Gasteiger partial charge is 0.373 e. The first-order valence-corrected chi connectivity index (χ1v) is 6.46. The van der Waals surface area contributed by atoms with Gasteiger partial charge in [-0.15, -0.1) is 0 Å². The van der Waals surface area contributed by atoms with Crippen molar-refractivity contribution >= 4 is 5.82 Å². The average molecular weight is 244 g/mol. The highest BCUT2D eigenvalue weighted by molar-refractivity contribution is 5.34. The number of anilines is 1. The maximum Gasteiger partial charge on any atom is 0.126 e. The zero-order valence-electron chi connectivity index (χ0n) is 11.3. The standard InChI is InChI=1S/C14H20N4/c1-4-11-9-13(5-2)18(17-11)10-12-7-6-8-14(15-3)16-12/h6-9H,4-5,10H2,1-3H3,(H,15,16). The van der Waals surface area contributed by atoms with Gasteiger partial charge in [0.25, 0.3) is 0 Å². The van der Waals surface area contributed by atoms with Crippen molar-refractivity contribution in [3.05, 3.63) is 41.3 Å². The zero-order chi connectivity index (χ0) is 13.0. The van der Waals surface area contributed by atoms with Crippen LogP contribution < -0.4 is 5.32 Å². The SMILES string of the molecule is CCc1cc(CC)n(Cc2cccc(NC)n2)n1. The van der Waals surface area contributed by atoms with Gasteiger partial charge >= 0.3 is 0 Å². The Morgan fingerprint density at radius 2 is 2.00 bits per heavy atom. The summed E-state index contributed by atoms with van der Waals surface area (Å²) in [5.41, 5.74) is 3.45. The van der Waals surface area contributed by atoms with Crippen LogP contribution in [0.25, 0.3) is 0 Å². The molecule has 2 aromatic heterocycles. The highest BCUT2D eigenvalue weighted by Crippen LogP contribution is 2.10. The summed E-state index contributed by atoms with van der Waals surface area (Å²) < 4.78 is 2.06. The first-order chi connectivity index (χ1) is 8.76. The third kappa shape index (κ3) is 2.70. The van der Waals surface area contributed by atoms with E-state index in [1.54, 1.807) is 0 Å². The Balaban J connectivity index is 2.24. The molecule has 0 bridgehead atoms. The van der Waals surface area contributed by atoms with E-state index in [1.165, 1.54) is 5.69 Å². The number of nitrogens with one attached hydrogen (secondary N) is 1. The molecule has 18 heavy (non-hydrogen) atoms. The number of hydrogen-bond donors (Lipinski definition) is 1. The highest BCUT2D eigenvalue weighted by Gasteiger charge is 2.06. The highest BCUT2D eigenvalue weighted by atomic mass is 15.3. The van der Waals surface area contributed by atoms with Gasteiger partial charge in [-0.2, -0.15) is 5.10 Å². The van der Waals surface area contributed by atoms with Crippen LogP contribution in [0.3, 0.4) is 0 Å². The van der Waals surface area contributed by atoms with Crippen molar-refractivity contribution in [3.8, 4) is 0 Å². The van der Waals surface area contributed by atoms with E-state index >= 15 is 0 Å². The summed E-state index contributed by atoms with van der Waals surface area (Å²) in [5.74, 6) is 0.897. The topological polar surface area (TPSA) is 42.7 Å². The molecule has 0 aliphatic heterocycles. The average Bonchev–Trinajstić information content (AvgIpc) is 2.81. The number of hydrogen-bond acceptors (Lipinski definition) is 3. The fourth-order valence-electron chi connectivity index (χ4n) is 1.97. The van der Waals surface area contributed by atoms with Crippen LogP contribution in [0.4, 0.5) is 5.82 Å². The fourth-order valence-corrected chi connectivity index (χ4v) is 1.97. The van der Waals surface area contributed by atoms with Crippen LogP contribution in [0, 0.1) is 0 Å². The van der Waals surface area contributed by atoms with E-state index in [0.717, 1.165) is 36.6 Å². The predicted molar refractivity (Wildman–Crippen MR) is 73.9 cm³/mol. The van der Waals surface area contributed by atoms with Crippen molar-refractivity contribution in [2.24, 2.45) is 0 Å². The van der Waals surface area contributed by atoms with Crippen LogP contribution in [0.2, 0.25) is 0 Å². The number of nitrogens with zero attached hydrogens (tertiary/aromatic N) is 3. The van der Waals surface area contributed by atoms with E-state index in [9.17, 15) is 0 Å². The monoisotopic (exact) mass is 244 g/mol. The molecular formula is C14H20N4. The lowest BCUT2D eigenvalue weighted by Gasteiger charge is -2.07. The Morgan fingerprint density at radius 1 is 1.17 bits per heavy atom. The normalized spacial score (nSPS) is 10.6. The molecule has 1 N–H and O–H groups in total. The smallest absolute Gasteiger partial charge is 0.126 e. The molecule has 0 aliphatic carbocycles. The minimum Gasteiger partial charge on any atom is -0.373 e. The van der Waals surface area contributed by atoms with Crippen LogP contribution in [-0.4, -0.2) is 21.8 Å². The third-order valence-electron chi connectivity index (χ3n) is 3.01. The van der Waals surface area contributed by atoms with Gasteiger partial charge < -0.3 is 5.32 Å². The first-order valence-electron chi connectivity index (χ1n) is 6.46. The van der Waals surface area contributed by atoms with E-state index in [4.69, 9.17) is 0 Å². The Kier molecular flexibility index (Phi) is 3.97. The van der Waals surface area contributed by atoms with Crippen molar-refractivity contribution in [3.63, 3.8) is 0 Å². The van der Waals surface area contributed by atoms with Gasteiger partial charge in [-0.3, -0.25) is 4.68 Å². The Bertz CT molecular complexity index is 516. The molecule has 96 valence electrons. The third-order valence-corrected chi connectivity index (χ3v) is 3.01. The van der Waals surface area contributed by atoms with Crippen LogP contribution in [-0.2, 0) is 19.4 Å². The number of aromatic nitrogens is 3. The van der Waals surface area contributed by atoms with Gasteiger partial charge in [0, 0.05) is 12.7 Å². The molecular weight excluding hydrogens is 224 g/mol. The van der Waals surface area contributed by atoms with Crippen molar-refractivity contribution in [2.75, 3.05) is 12.4 Å². The Labute approximate surface area is 108 Å². The molecule has 4 nitrogen and oxygen atoms in total. The number of pyridine rings is 1. The number of aryl methyl sites for hydroxylation is 2. The molecule has 0 aromatic carbocycles. The molecule has 0 fully saturated rings. The summed E-state index contributed by atoms with van der Waals surface area (Å²) in [6, 6.07) is 8.20. The molecule has 0 saturated heterocycles. The summed E-state index contributed by atoms with van der Waals surface area (Å²) in [5, 5.41) is 7.66. The van der Waals surface area contributed by atoms with E-state index < -0.39 is 0 Å². The second-order valence-electron chi connectivity index (χ2n) is 4.26. The summed E-state index contributed by atoms with van der Waals surface area (Å²) in [4.78, 5) is 4.53. The van der Waals surface area contributed by atoms with Gasteiger partial charge in [0.2, 0.25) is 0 Å². The van der Waals surface area contributed by atoms with Gasteiger partial charge in [0.1, 0.15) is 5.82 Å². The Morgan fingerprint density at radius 3 is 2.67 bits per heavy atom. The second kappa shape index (κ2) is 5.67. The van der Waals surface area contributed by atoms with Gasteiger partial charge in [0.05, 0.1) is 17.9 Å². The Hall–Kier alpha value is -1.84. The summed E-state index contributed by atoms with van der Waals surface area (Å²) in [6.45, 7) is 5.02. The molecule has 0 atom stereocenters. The van der Waals surface area contributed by atoms with Gasteiger partial charge in [-0.25, -0.2) is 4.98 Å². The lowest BCUT2D eigenvalue weighted by molar-refractivity contribution is 0.630. The summed E-state index contributed by atoms with van der Waals surface area (Å²) in [6.07, 6.45) is 1.97. The van der Waals surface area contributed by atoms with Crippen LogP contribution in [0.5, 0.6) is 0 Å². The molecule has 0 radical (unpaired) electrons. The molecule has 4 heteroatoms. The molecule has 0 aliphatic rings. The second-order valence-corrected chi connectivity index (χ2v) is 4.26. The molecule has 2 rings (SSSR count). The zero-order valence-corrected chi connectivity index (χ0v) is 11.3. The van der Waals surface area contributed by atoms with Crippen molar-refractivity contribution in [1.82, 2.24) is 14.8 Å². The quantitative estimate of drug-likeness (QED) is 0.878. The van der Waals surface area contributed by atoms with Crippen LogP contribution in [0.1, 0.15) is 30.9 Å². The molecule has 2 aromatic rings. The van der Waals surface area contributed by atoms with Gasteiger partial charge in [-0.05, 0) is 31.0 Å². The lowest BCUT2D eigenvalue weighted by Crippen LogP contribution is -2.08. The lowest BCUT2D eigenvalue weighted by atomic mass is 10.2. The maximum atomic E-state index is 4.61. The minimum atomic E-state index is 0.735. The molecule has 0 amide bonds. The maximum absolute atomic E-state index is 4.61. The van der Waals surface area contributed by atoms with E-state index in [1.807, 2.05) is 25.2 Å². The van der Waals surface area contributed by atoms with E-state index in [-0.39, 0.29) is 0 Å². The molecule has 0 saturated carbocycles. The molecule has 0 spiro atoms. The van der Waals surface area contributed by atoms with E-state index in [2.05, 4.69) is 40.0 Å². The number of rotatable bonds is 5. The first kappa shape index (κ1) is 12.6. The summed E-state index contributed by atoms with van der Waals surface area (Å²) in [7, 11) is 1.88. The predicted octanol–water partition coefficient (Wildman–Crippen LogP) is 2.49. The van der Waals surface area contributed by atoms with Gasteiger partial charge in [-0.1, -0.05) is 19.9 Å². The van der Waals surface area contributed by atoms with Crippen molar-refractivity contribution < 1.29 is 0 Å². The van der Waals surface area contributed by atoms with Crippen LogP contribution in [0.15, 0.2) is 24.3 Å². The van der Waals surface area contributed by atoms with Gasteiger partial charge in [0.15, 0.2) is 0 Å². The molecule has 2 heterocycles. The van der Waals surface area contributed by atoms with E-state index in [0.29, 0.717) is 0 Å². The minimum absolute atomic E-state index is 0.735. The van der Waals surface area contributed by atoms with Crippen LogP contribution >= 0.6 is 0 Å². The summed E-state index contributed by atoms with van der Waals surface area (Å²) >= 11 is 0.